The lowest BCUT2D eigenvalue weighted by Gasteiger charge is -2.19. The first-order chi connectivity index (χ1) is 6.06. The molecule has 0 aromatic carbocycles. The van der Waals surface area contributed by atoms with Gasteiger partial charge in [0, 0.05) is 12.6 Å². The van der Waals surface area contributed by atoms with Gasteiger partial charge in [0.15, 0.2) is 5.82 Å². The molecule has 0 bridgehead atoms. The Morgan fingerprint density at radius 1 is 1.77 bits per heavy atom. The topological polar surface area (TPSA) is 81.2 Å². The third kappa shape index (κ3) is 2.29. The number of hydrogen-bond acceptors (Lipinski definition) is 4. The van der Waals surface area contributed by atoms with Crippen LogP contribution in [0, 0.1) is 5.41 Å². The summed E-state index contributed by atoms with van der Waals surface area (Å²) in [5, 5.41) is 6.15. The summed E-state index contributed by atoms with van der Waals surface area (Å²) in [6, 6.07) is 1.57. The smallest absolute Gasteiger partial charge is 0.232 e. The van der Waals surface area contributed by atoms with Gasteiger partial charge < -0.3 is 15.6 Å². The van der Waals surface area contributed by atoms with Crippen molar-refractivity contribution in [1.29, 1.82) is 0 Å². The number of carbonyl (C=O) groups is 1. The van der Waals surface area contributed by atoms with E-state index in [0.29, 0.717) is 5.82 Å². The summed E-state index contributed by atoms with van der Waals surface area (Å²) in [4.78, 5) is 11.5. The van der Waals surface area contributed by atoms with Crippen LogP contribution >= 0.6 is 0 Å². The van der Waals surface area contributed by atoms with Gasteiger partial charge in [-0.2, -0.15) is 0 Å². The molecule has 5 heteroatoms. The third-order valence-corrected chi connectivity index (χ3v) is 1.80. The van der Waals surface area contributed by atoms with E-state index in [1.165, 1.54) is 6.26 Å². The molecular formula is C8H13N3O2. The molecule has 0 radical (unpaired) electrons. The fourth-order valence-electron chi connectivity index (χ4n) is 0.655. The lowest BCUT2D eigenvalue weighted by atomic mass is 9.93. The van der Waals surface area contributed by atoms with Crippen molar-refractivity contribution in [3.8, 4) is 0 Å². The second-order valence-electron chi connectivity index (χ2n) is 3.43. The number of nitrogens with zero attached hydrogens (tertiary/aromatic N) is 1. The van der Waals surface area contributed by atoms with Crippen molar-refractivity contribution in [2.45, 2.75) is 13.8 Å². The highest BCUT2D eigenvalue weighted by Crippen LogP contribution is 2.15. The maximum atomic E-state index is 11.5. The Bertz CT molecular complexity index is 280. The van der Waals surface area contributed by atoms with Crippen LogP contribution in [0.25, 0.3) is 0 Å². The number of carbonyl (C=O) groups excluding carboxylic acids is 1. The van der Waals surface area contributed by atoms with Crippen molar-refractivity contribution in [3.63, 3.8) is 0 Å². The van der Waals surface area contributed by atoms with Gasteiger partial charge in [0.05, 0.1) is 5.41 Å². The van der Waals surface area contributed by atoms with Gasteiger partial charge in [-0.05, 0) is 13.8 Å². The van der Waals surface area contributed by atoms with E-state index in [-0.39, 0.29) is 12.5 Å². The summed E-state index contributed by atoms with van der Waals surface area (Å²) in [5.74, 6) is 0.246. The standard InChI is InChI=1S/C8H13N3O2/c1-8(2,5-9)7(12)10-6-3-4-13-11-6/h3-4H,5,9H2,1-2H3,(H,10,11,12). The fourth-order valence-corrected chi connectivity index (χ4v) is 0.655. The molecular weight excluding hydrogens is 170 g/mol. The zero-order chi connectivity index (χ0) is 9.90. The van der Waals surface area contributed by atoms with Crippen LogP contribution in [0.3, 0.4) is 0 Å². The molecule has 1 amide bonds. The molecule has 0 saturated carbocycles. The minimum Gasteiger partial charge on any atom is -0.363 e. The van der Waals surface area contributed by atoms with Gasteiger partial charge in [-0.3, -0.25) is 4.79 Å². The summed E-state index contributed by atoms with van der Waals surface area (Å²) >= 11 is 0. The Kier molecular flexibility index (Phi) is 2.67. The minimum atomic E-state index is -0.584. The molecule has 5 nitrogen and oxygen atoms in total. The molecule has 1 rings (SSSR count). The van der Waals surface area contributed by atoms with Crippen LogP contribution in [0.15, 0.2) is 16.9 Å². The van der Waals surface area contributed by atoms with E-state index in [1.54, 1.807) is 19.9 Å². The maximum absolute atomic E-state index is 11.5. The lowest BCUT2D eigenvalue weighted by Crippen LogP contribution is -2.37. The average Bonchev–Trinajstić information content (AvgIpc) is 2.57. The lowest BCUT2D eigenvalue weighted by molar-refractivity contribution is -0.123. The van der Waals surface area contributed by atoms with Gasteiger partial charge >= 0.3 is 0 Å². The number of rotatable bonds is 3. The molecule has 0 aliphatic rings. The number of anilines is 1. The molecule has 13 heavy (non-hydrogen) atoms. The van der Waals surface area contributed by atoms with Gasteiger partial charge in [-0.15, -0.1) is 0 Å². The summed E-state index contributed by atoms with van der Waals surface area (Å²) in [6.07, 6.45) is 1.39. The summed E-state index contributed by atoms with van der Waals surface area (Å²) in [7, 11) is 0. The van der Waals surface area contributed by atoms with Crippen LogP contribution in [0.5, 0.6) is 0 Å². The van der Waals surface area contributed by atoms with E-state index in [4.69, 9.17) is 5.73 Å². The van der Waals surface area contributed by atoms with E-state index in [9.17, 15) is 4.79 Å². The van der Waals surface area contributed by atoms with Gasteiger partial charge in [-0.25, -0.2) is 0 Å². The van der Waals surface area contributed by atoms with Crippen LogP contribution in [-0.2, 0) is 4.79 Å². The zero-order valence-electron chi connectivity index (χ0n) is 7.70. The van der Waals surface area contributed by atoms with Crippen LogP contribution in [-0.4, -0.2) is 17.6 Å². The fraction of sp³-hybridized carbons (Fsp3) is 0.500. The van der Waals surface area contributed by atoms with Crippen LogP contribution in [0.1, 0.15) is 13.8 Å². The van der Waals surface area contributed by atoms with Gasteiger partial charge in [0.2, 0.25) is 5.91 Å². The number of nitrogens with two attached hydrogens (primary N) is 1. The summed E-state index contributed by atoms with van der Waals surface area (Å²) < 4.78 is 4.57. The van der Waals surface area contributed by atoms with Crippen molar-refractivity contribution in [2.75, 3.05) is 11.9 Å². The first-order valence-corrected chi connectivity index (χ1v) is 3.98. The van der Waals surface area contributed by atoms with Crippen molar-refractivity contribution < 1.29 is 9.32 Å². The highest BCUT2D eigenvalue weighted by Gasteiger charge is 2.26. The molecule has 0 fully saturated rings. The summed E-state index contributed by atoms with van der Waals surface area (Å²) in [5.41, 5.74) is 4.85. The molecule has 0 aliphatic carbocycles. The molecule has 0 atom stereocenters. The predicted molar refractivity (Wildman–Crippen MR) is 48.0 cm³/mol. The van der Waals surface area contributed by atoms with Crippen LogP contribution in [0.2, 0.25) is 0 Å². The number of amides is 1. The SMILES string of the molecule is CC(C)(CN)C(=O)Nc1ccon1. The Morgan fingerprint density at radius 2 is 2.46 bits per heavy atom. The Morgan fingerprint density at radius 3 is 2.92 bits per heavy atom. The highest BCUT2D eigenvalue weighted by molar-refractivity contribution is 5.94. The third-order valence-electron chi connectivity index (χ3n) is 1.80. The van der Waals surface area contributed by atoms with Crippen molar-refractivity contribution in [2.24, 2.45) is 11.1 Å². The van der Waals surface area contributed by atoms with Gasteiger partial charge in [0.25, 0.3) is 0 Å². The molecule has 1 aromatic rings. The van der Waals surface area contributed by atoms with Crippen molar-refractivity contribution in [3.05, 3.63) is 12.3 Å². The Balaban J connectivity index is 2.61. The van der Waals surface area contributed by atoms with E-state index >= 15 is 0 Å². The number of nitrogens with one attached hydrogen (secondary N) is 1. The number of hydrogen-bond donors (Lipinski definition) is 2. The highest BCUT2D eigenvalue weighted by atomic mass is 16.5. The molecule has 0 aliphatic heterocycles. The first-order valence-electron chi connectivity index (χ1n) is 3.98. The molecule has 0 spiro atoms. The van der Waals surface area contributed by atoms with Crippen molar-refractivity contribution in [1.82, 2.24) is 5.16 Å². The minimum absolute atomic E-state index is 0.163. The molecule has 72 valence electrons. The molecule has 0 unspecified atom stereocenters. The Labute approximate surface area is 76.3 Å². The second-order valence-corrected chi connectivity index (χ2v) is 3.43. The second kappa shape index (κ2) is 3.57. The molecule has 0 saturated heterocycles. The average molecular weight is 183 g/mol. The largest absolute Gasteiger partial charge is 0.363 e. The Hall–Kier alpha value is -1.36. The predicted octanol–water partition coefficient (Wildman–Crippen LogP) is 0.598. The molecule has 3 N–H and O–H groups in total. The molecule has 1 aromatic heterocycles. The van der Waals surface area contributed by atoms with E-state index in [0.717, 1.165) is 0 Å². The van der Waals surface area contributed by atoms with Crippen LogP contribution in [0.4, 0.5) is 5.82 Å². The van der Waals surface area contributed by atoms with E-state index in [2.05, 4.69) is 15.0 Å². The van der Waals surface area contributed by atoms with Crippen LogP contribution < -0.4 is 11.1 Å². The van der Waals surface area contributed by atoms with E-state index < -0.39 is 5.41 Å². The maximum Gasteiger partial charge on any atom is 0.232 e. The van der Waals surface area contributed by atoms with Gasteiger partial charge in [-0.1, -0.05) is 5.16 Å². The summed E-state index contributed by atoms with van der Waals surface area (Å²) in [6.45, 7) is 3.82. The normalized spacial score (nSPS) is 11.3. The molecule has 1 heterocycles. The van der Waals surface area contributed by atoms with E-state index in [1.807, 2.05) is 0 Å². The van der Waals surface area contributed by atoms with Crippen molar-refractivity contribution >= 4 is 11.7 Å². The quantitative estimate of drug-likeness (QED) is 0.718. The first kappa shape index (κ1) is 9.73. The monoisotopic (exact) mass is 183 g/mol. The number of aromatic nitrogens is 1. The van der Waals surface area contributed by atoms with Gasteiger partial charge in [0.1, 0.15) is 6.26 Å². The zero-order valence-corrected chi connectivity index (χ0v) is 7.70.